The fourth-order valence-corrected chi connectivity index (χ4v) is 0.504. The molecule has 0 aliphatic rings. The molecule has 0 spiro atoms. The van der Waals surface area contributed by atoms with Gasteiger partial charge in [0.05, 0.1) is 24.3 Å². The maximum Gasteiger partial charge on any atom is 0.135 e. The van der Waals surface area contributed by atoms with E-state index in [1.165, 1.54) is 0 Å². The average molecular weight is 144 g/mol. The van der Waals surface area contributed by atoms with E-state index in [1.54, 1.807) is 24.3 Å². The SMILES string of the molecule is N#CC(C#N)CC(C#N)C#N. The maximum absolute atomic E-state index is 8.27. The van der Waals surface area contributed by atoms with Crippen LogP contribution in [0.3, 0.4) is 0 Å². The van der Waals surface area contributed by atoms with Crippen molar-refractivity contribution < 1.29 is 0 Å². The zero-order valence-electron chi connectivity index (χ0n) is 5.65. The van der Waals surface area contributed by atoms with Gasteiger partial charge in [0.15, 0.2) is 0 Å². The molecule has 0 aliphatic carbocycles. The number of hydrogen-bond donors (Lipinski definition) is 0. The second-order valence-electron chi connectivity index (χ2n) is 1.86. The molecule has 52 valence electrons. The summed E-state index contributed by atoms with van der Waals surface area (Å²) in [5, 5.41) is 33.1. The van der Waals surface area contributed by atoms with E-state index in [0.717, 1.165) is 0 Å². The summed E-state index contributed by atoms with van der Waals surface area (Å²) in [5.74, 6) is -1.70. The molecule has 0 saturated heterocycles. The number of nitrogens with zero attached hydrogens (tertiary/aromatic N) is 4. The second kappa shape index (κ2) is 4.80. The van der Waals surface area contributed by atoms with Gasteiger partial charge in [-0.1, -0.05) is 0 Å². The standard InChI is InChI=1S/C7H4N4/c8-2-6(3-9)1-7(4-10)5-11/h6-7H,1H2. The van der Waals surface area contributed by atoms with Crippen molar-refractivity contribution in [3.63, 3.8) is 0 Å². The Kier molecular flexibility index (Phi) is 3.91. The fourth-order valence-electron chi connectivity index (χ4n) is 0.504. The third-order valence-electron chi connectivity index (χ3n) is 1.09. The first-order valence-corrected chi connectivity index (χ1v) is 2.87. The van der Waals surface area contributed by atoms with Crippen molar-refractivity contribution in [3.8, 4) is 24.3 Å². The van der Waals surface area contributed by atoms with Gasteiger partial charge in [-0.05, 0) is 0 Å². The second-order valence-corrected chi connectivity index (χ2v) is 1.86. The van der Waals surface area contributed by atoms with Gasteiger partial charge >= 0.3 is 0 Å². The van der Waals surface area contributed by atoms with E-state index in [2.05, 4.69) is 0 Å². The smallest absolute Gasteiger partial charge is 0.135 e. The third-order valence-corrected chi connectivity index (χ3v) is 1.09. The highest BCUT2D eigenvalue weighted by Gasteiger charge is 2.13. The number of hydrogen-bond acceptors (Lipinski definition) is 4. The van der Waals surface area contributed by atoms with Crippen LogP contribution in [-0.2, 0) is 0 Å². The zero-order chi connectivity index (χ0) is 8.69. The lowest BCUT2D eigenvalue weighted by Crippen LogP contribution is -2.01. The van der Waals surface area contributed by atoms with Gasteiger partial charge in [-0.3, -0.25) is 0 Å². The molecule has 0 rings (SSSR count). The first-order chi connectivity index (χ1) is 5.28. The quantitative estimate of drug-likeness (QED) is 0.569. The molecule has 0 amide bonds. The maximum atomic E-state index is 8.27. The summed E-state index contributed by atoms with van der Waals surface area (Å²) in [6, 6.07) is 6.75. The Bertz CT molecular complexity index is 222. The van der Waals surface area contributed by atoms with E-state index in [0.29, 0.717) is 0 Å². The van der Waals surface area contributed by atoms with Gasteiger partial charge in [0.25, 0.3) is 0 Å². The largest absolute Gasteiger partial charge is 0.197 e. The van der Waals surface area contributed by atoms with Crippen LogP contribution >= 0.6 is 0 Å². The lowest BCUT2D eigenvalue weighted by atomic mass is 9.99. The van der Waals surface area contributed by atoms with Crippen molar-refractivity contribution >= 4 is 0 Å². The first kappa shape index (κ1) is 8.96. The summed E-state index contributed by atoms with van der Waals surface area (Å²) in [5.41, 5.74) is 0. The Balaban J connectivity index is 4.09. The Hall–Kier alpha value is -2.04. The van der Waals surface area contributed by atoms with E-state index in [4.69, 9.17) is 21.0 Å². The van der Waals surface area contributed by atoms with E-state index in [-0.39, 0.29) is 6.42 Å². The molecule has 0 unspecified atom stereocenters. The molecular weight excluding hydrogens is 140 g/mol. The predicted octanol–water partition coefficient (Wildman–Crippen LogP) is 0.703. The molecule has 0 aromatic rings. The van der Waals surface area contributed by atoms with Gasteiger partial charge in [-0.25, -0.2) is 0 Å². The van der Waals surface area contributed by atoms with Crippen LogP contribution in [0, 0.1) is 57.2 Å². The number of rotatable bonds is 2. The van der Waals surface area contributed by atoms with Crippen LogP contribution in [0.5, 0.6) is 0 Å². The van der Waals surface area contributed by atoms with Gasteiger partial charge < -0.3 is 0 Å². The summed E-state index contributed by atoms with van der Waals surface area (Å²) in [4.78, 5) is 0. The molecule has 0 saturated carbocycles. The molecule has 0 atom stereocenters. The van der Waals surface area contributed by atoms with Gasteiger partial charge in [-0.2, -0.15) is 21.0 Å². The lowest BCUT2D eigenvalue weighted by molar-refractivity contribution is 0.662. The van der Waals surface area contributed by atoms with Gasteiger partial charge in [-0.15, -0.1) is 0 Å². The van der Waals surface area contributed by atoms with Crippen molar-refractivity contribution in [2.24, 2.45) is 11.8 Å². The molecule has 0 N–H and O–H groups in total. The van der Waals surface area contributed by atoms with Gasteiger partial charge in [0.2, 0.25) is 0 Å². The molecule has 4 heteroatoms. The molecule has 0 heterocycles. The Morgan fingerprint density at radius 1 is 0.727 bits per heavy atom. The van der Waals surface area contributed by atoms with Crippen molar-refractivity contribution in [1.82, 2.24) is 0 Å². The number of nitriles is 4. The van der Waals surface area contributed by atoms with E-state index >= 15 is 0 Å². The molecular formula is C7H4N4. The van der Waals surface area contributed by atoms with Crippen molar-refractivity contribution in [2.75, 3.05) is 0 Å². The van der Waals surface area contributed by atoms with E-state index < -0.39 is 11.8 Å². The molecule has 0 aromatic carbocycles. The highest BCUT2D eigenvalue weighted by Crippen LogP contribution is 2.08. The summed E-state index contributed by atoms with van der Waals surface area (Å²) in [7, 11) is 0. The first-order valence-electron chi connectivity index (χ1n) is 2.87. The molecule has 0 radical (unpaired) electrons. The Morgan fingerprint density at radius 2 is 1.00 bits per heavy atom. The highest BCUT2D eigenvalue weighted by molar-refractivity contribution is 5.07. The minimum atomic E-state index is -0.848. The molecule has 4 nitrogen and oxygen atoms in total. The van der Waals surface area contributed by atoms with Crippen LogP contribution in [0.15, 0.2) is 0 Å². The van der Waals surface area contributed by atoms with Crippen LogP contribution < -0.4 is 0 Å². The van der Waals surface area contributed by atoms with Crippen LogP contribution in [0.1, 0.15) is 6.42 Å². The Labute approximate surface area is 64.5 Å². The monoisotopic (exact) mass is 144 g/mol. The minimum absolute atomic E-state index is 0.0139. The van der Waals surface area contributed by atoms with Crippen molar-refractivity contribution in [3.05, 3.63) is 0 Å². The topological polar surface area (TPSA) is 95.2 Å². The molecule has 0 fully saturated rings. The summed E-state index contributed by atoms with van der Waals surface area (Å²) in [6.45, 7) is 0. The molecule has 11 heavy (non-hydrogen) atoms. The molecule has 0 aromatic heterocycles. The lowest BCUT2D eigenvalue weighted by Gasteiger charge is -1.96. The van der Waals surface area contributed by atoms with Crippen LogP contribution in [0.25, 0.3) is 0 Å². The average Bonchev–Trinajstić information content (AvgIpc) is 2.07. The van der Waals surface area contributed by atoms with Gasteiger partial charge in [0, 0.05) is 6.42 Å². The van der Waals surface area contributed by atoms with Crippen LogP contribution in [-0.4, -0.2) is 0 Å². The predicted molar refractivity (Wildman–Crippen MR) is 34.0 cm³/mol. The summed E-state index contributed by atoms with van der Waals surface area (Å²) < 4.78 is 0. The van der Waals surface area contributed by atoms with E-state index in [1.807, 2.05) is 0 Å². The summed E-state index contributed by atoms with van der Waals surface area (Å²) >= 11 is 0. The van der Waals surface area contributed by atoms with Crippen LogP contribution in [0.4, 0.5) is 0 Å². The van der Waals surface area contributed by atoms with Crippen molar-refractivity contribution in [1.29, 1.82) is 21.0 Å². The molecule has 0 aliphatic heterocycles. The highest BCUT2D eigenvalue weighted by atomic mass is 14.4. The zero-order valence-corrected chi connectivity index (χ0v) is 5.65. The minimum Gasteiger partial charge on any atom is -0.197 e. The van der Waals surface area contributed by atoms with Crippen molar-refractivity contribution in [2.45, 2.75) is 6.42 Å². The van der Waals surface area contributed by atoms with Crippen LogP contribution in [0.2, 0.25) is 0 Å². The molecule has 0 bridgehead atoms. The normalized spacial score (nSPS) is 7.82. The fraction of sp³-hybridized carbons (Fsp3) is 0.429. The van der Waals surface area contributed by atoms with E-state index in [9.17, 15) is 0 Å². The van der Waals surface area contributed by atoms with Gasteiger partial charge in [0.1, 0.15) is 11.8 Å². The third kappa shape index (κ3) is 2.85. The Morgan fingerprint density at radius 3 is 1.18 bits per heavy atom. The summed E-state index contributed by atoms with van der Waals surface area (Å²) in [6.07, 6.45) is 0.0139.